The smallest absolute Gasteiger partial charge is 0.233 e. The van der Waals surface area contributed by atoms with Crippen LogP contribution in [0, 0.1) is 16.2 Å². The van der Waals surface area contributed by atoms with Crippen molar-refractivity contribution >= 4 is 67.1 Å². The van der Waals surface area contributed by atoms with Gasteiger partial charge in [0.2, 0.25) is 17.7 Å². The second-order valence-electron chi connectivity index (χ2n) is 19.3. The maximum Gasteiger partial charge on any atom is 0.233 e. The van der Waals surface area contributed by atoms with Crippen LogP contribution in [0.15, 0.2) is 199 Å². The van der Waals surface area contributed by atoms with Crippen LogP contribution in [0.2, 0.25) is 0 Å². The van der Waals surface area contributed by atoms with Gasteiger partial charge < -0.3 is 16.0 Å². The molecule has 3 aromatic heterocycles. The molecule has 9 aromatic rings. The van der Waals surface area contributed by atoms with Crippen LogP contribution in [0.1, 0.15) is 88.6 Å². The Morgan fingerprint density at radius 3 is 0.889 bits per heavy atom. The molecule has 3 heterocycles. The minimum atomic E-state index is -0.531. The lowest BCUT2D eigenvalue weighted by Crippen LogP contribution is -2.37. The highest BCUT2D eigenvalue weighted by Crippen LogP contribution is 2.54. The summed E-state index contributed by atoms with van der Waals surface area (Å²) in [4.78, 5) is 52.0. The van der Waals surface area contributed by atoms with Crippen molar-refractivity contribution in [2.75, 3.05) is 16.0 Å². The molecule has 3 aliphatic rings. The van der Waals surface area contributed by atoms with E-state index in [9.17, 15) is 14.4 Å². The number of carbonyl (C=O) groups excluding carboxylic acids is 3. The molecule has 0 aliphatic heterocycles. The Morgan fingerprint density at radius 2 is 0.639 bits per heavy atom. The molecule has 0 saturated carbocycles. The molecule has 3 amide bonds. The van der Waals surface area contributed by atoms with Crippen molar-refractivity contribution in [2.24, 2.45) is 16.2 Å². The summed E-state index contributed by atoms with van der Waals surface area (Å²) in [6.07, 6.45) is 7.34. The van der Waals surface area contributed by atoms with E-state index in [0.29, 0.717) is 15.4 Å². The van der Waals surface area contributed by atoms with Crippen LogP contribution in [0.25, 0.3) is 0 Å². The molecule has 0 bridgehead atoms. The van der Waals surface area contributed by atoms with Crippen LogP contribution < -0.4 is 16.0 Å². The molecule has 0 spiro atoms. The minimum absolute atomic E-state index is 0.0301. The van der Waals surface area contributed by atoms with Crippen molar-refractivity contribution in [3.8, 4) is 0 Å². The maximum absolute atomic E-state index is 13.1. The summed E-state index contributed by atoms with van der Waals surface area (Å²) in [6, 6.07) is 56.1. The van der Waals surface area contributed by atoms with E-state index in [1.165, 1.54) is 84.1 Å². The number of anilines is 3. The Balaban J connectivity index is 0.000000124. The summed E-state index contributed by atoms with van der Waals surface area (Å²) in [7, 11) is 0. The molecule has 12 rings (SSSR count). The van der Waals surface area contributed by atoms with Gasteiger partial charge in [-0.05, 0) is 90.1 Å². The SMILES string of the molecule is C[C@@]1(C(=O)Nc2nccs2)Cc2ccccc2[C@@H]1c1ccccc1.C[C@@]1(C(=O)Nc2nccs2)Cc2ccccc2[C@@H]1c1ccccc1.C[C@]1(C(=O)Nc2nccs2)Cc2ccccc2[C@H]1c1ccccc1. The van der Waals surface area contributed by atoms with E-state index in [2.05, 4.69) is 143 Å². The highest BCUT2D eigenvalue weighted by atomic mass is 32.1. The van der Waals surface area contributed by atoms with E-state index in [-0.39, 0.29) is 35.5 Å². The number of hydrogen-bond donors (Lipinski definition) is 3. The average Bonchev–Trinajstić information content (AvgIpc) is 4.29. The third-order valence-corrected chi connectivity index (χ3v) is 16.7. The Hall–Kier alpha value is -7.38. The van der Waals surface area contributed by atoms with Crippen LogP contribution in [-0.2, 0) is 33.6 Å². The van der Waals surface area contributed by atoms with Crippen molar-refractivity contribution in [2.45, 2.75) is 57.8 Å². The third kappa shape index (κ3) is 9.57. The van der Waals surface area contributed by atoms with Crippen molar-refractivity contribution < 1.29 is 14.4 Å². The number of amides is 3. The summed E-state index contributed by atoms with van der Waals surface area (Å²) in [5, 5.41) is 16.6. The zero-order valence-electron chi connectivity index (χ0n) is 40.2. The quantitative estimate of drug-likeness (QED) is 0.132. The molecule has 0 fully saturated rings. The summed E-state index contributed by atoms with van der Waals surface area (Å²) in [6.45, 7) is 6.19. The van der Waals surface area contributed by atoms with Crippen LogP contribution in [-0.4, -0.2) is 32.7 Å². The molecule has 6 atom stereocenters. The maximum atomic E-state index is 13.1. The molecule has 0 unspecified atom stereocenters. The lowest BCUT2D eigenvalue weighted by molar-refractivity contribution is -0.125. The Kier molecular flexibility index (Phi) is 13.9. The van der Waals surface area contributed by atoms with E-state index in [4.69, 9.17) is 0 Å². The van der Waals surface area contributed by atoms with Gasteiger partial charge in [-0.1, -0.05) is 164 Å². The van der Waals surface area contributed by atoms with Gasteiger partial charge >= 0.3 is 0 Å². The number of nitrogens with one attached hydrogen (secondary N) is 3. The highest BCUT2D eigenvalue weighted by Gasteiger charge is 2.51. The normalized spacial score (nSPS) is 22.1. The second-order valence-corrected chi connectivity index (χ2v) is 22.0. The lowest BCUT2D eigenvalue weighted by atomic mass is 9.73. The van der Waals surface area contributed by atoms with Gasteiger partial charge in [-0.3, -0.25) is 14.4 Å². The van der Waals surface area contributed by atoms with Crippen LogP contribution >= 0.6 is 34.0 Å². The first kappa shape index (κ1) is 48.3. The van der Waals surface area contributed by atoms with Gasteiger partial charge in [-0.25, -0.2) is 15.0 Å². The topological polar surface area (TPSA) is 126 Å². The van der Waals surface area contributed by atoms with E-state index >= 15 is 0 Å². The molecule has 0 radical (unpaired) electrons. The predicted octanol–water partition coefficient (Wildman–Crippen LogP) is 13.4. The Labute approximate surface area is 432 Å². The van der Waals surface area contributed by atoms with E-state index < -0.39 is 16.2 Å². The second kappa shape index (κ2) is 20.8. The summed E-state index contributed by atoms with van der Waals surface area (Å²) in [5.41, 5.74) is 9.46. The summed E-state index contributed by atoms with van der Waals surface area (Å²) in [5.74, 6) is 0.243. The molecular weight excluding hydrogens is 949 g/mol. The van der Waals surface area contributed by atoms with Crippen molar-refractivity contribution in [1.82, 2.24) is 15.0 Å². The molecule has 6 aromatic carbocycles. The van der Waals surface area contributed by atoms with E-state index in [1.54, 1.807) is 18.6 Å². The number of nitrogens with zero attached hydrogens (tertiary/aromatic N) is 3. The van der Waals surface area contributed by atoms with Gasteiger partial charge in [-0.2, -0.15) is 0 Å². The molecule has 0 saturated heterocycles. The average molecular weight is 1000 g/mol. The number of rotatable bonds is 9. The van der Waals surface area contributed by atoms with Gasteiger partial charge in [-0.15, -0.1) is 34.0 Å². The fourth-order valence-electron chi connectivity index (χ4n) is 11.2. The van der Waals surface area contributed by atoms with Crippen molar-refractivity contribution in [3.63, 3.8) is 0 Å². The molecule has 360 valence electrons. The molecule has 12 heteroatoms. The van der Waals surface area contributed by atoms with Crippen LogP contribution in [0.3, 0.4) is 0 Å². The molecule has 3 N–H and O–H groups in total. The van der Waals surface area contributed by atoms with Crippen LogP contribution in [0.5, 0.6) is 0 Å². The molecule has 3 aliphatic carbocycles. The molecular formula is C60H54N6O3S3. The predicted molar refractivity (Wildman–Crippen MR) is 292 cm³/mol. The lowest BCUT2D eigenvalue weighted by Gasteiger charge is -2.30. The van der Waals surface area contributed by atoms with Gasteiger partial charge in [0, 0.05) is 52.5 Å². The Bertz CT molecular complexity index is 2930. The minimum Gasteiger partial charge on any atom is -0.301 e. The van der Waals surface area contributed by atoms with Gasteiger partial charge in [0.1, 0.15) is 0 Å². The number of benzene rings is 6. The monoisotopic (exact) mass is 1000 g/mol. The van der Waals surface area contributed by atoms with Crippen molar-refractivity contribution in [1.29, 1.82) is 0 Å². The number of aromatic nitrogens is 3. The highest BCUT2D eigenvalue weighted by molar-refractivity contribution is 7.14. The van der Waals surface area contributed by atoms with E-state index in [0.717, 1.165) is 19.3 Å². The number of fused-ring (bicyclic) bond motifs is 3. The first-order valence-electron chi connectivity index (χ1n) is 24.1. The fourth-order valence-corrected chi connectivity index (χ4v) is 12.8. The van der Waals surface area contributed by atoms with Crippen LogP contribution in [0.4, 0.5) is 15.4 Å². The van der Waals surface area contributed by atoms with Gasteiger partial charge in [0.15, 0.2) is 15.4 Å². The van der Waals surface area contributed by atoms with Gasteiger partial charge in [0.25, 0.3) is 0 Å². The molecule has 72 heavy (non-hydrogen) atoms. The largest absolute Gasteiger partial charge is 0.301 e. The summed E-state index contributed by atoms with van der Waals surface area (Å²) >= 11 is 4.34. The van der Waals surface area contributed by atoms with E-state index in [1.807, 2.05) is 88.9 Å². The first-order valence-corrected chi connectivity index (χ1v) is 26.7. The number of thiazole rings is 3. The molecule has 9 nitrogen and oxygen atoms in total. The number of hydrogen-bond acceptors (Lipinski definition) is 9. The van der Waals surface area contributed by atoms with Gasteiger partial charge in [0.05, 0.1) is 16.2 Å². The standard InChI is InChI=1S/3C20H18N2OS/c3*1-20(18(23)22-19-21-11-12-24-19)13-15-9-5-6-10-16(15)17(20)14-7-3-2-4-8-14/h3*2-12,17H,13H2,1H3,(H,21,22,23)/t3*17-,20+/m100/s1. The zero-order valence-corrected chi connectivity index (χ0v) is 42.6. The number of carbonyl (C=O) groups is 3. The Morgan fingerprint density at radius 1 is 0.389 bits per heavy atom. The third-order valence-electron chi connectivity index (χ3n) is 14.6. The zero-order chi connectivity index (χ0) is 49.7. The fraction of sp³-hybridized carbons (Fsp3) is 0.200. The van der Waals surface area contributed by atoms with Crippen molar-refractivity contribution in [3.05, 3.63) is 249 Å². The summed E-state index contributed by atoms with van der Waals surface area (Å²) < 4.78 is 0. The first-order chi connectivity index (χ1) is 35.0.